The second kappa shape index (κ2) is 9.72. The summed E-state index contributed by atoms with van der Waals surface area (Å²) in [5, 5.41) is 0. The largest absolute Gasteiger partial charge is 0.542 e. The highest BCUT2D eigenvalue weighted by molar-refractivity contribution is 6.74. The number of hydrogen-bond donors (Lipinski definition) is 1. The smallest absolute Gasteiger partial charge is 0.309 e. The molecule has 1 rings (SSSR count). The van der Waals surface area contributed by atoms with Crippen molar-refractivity contribution in [2.24, 2.45) is 0 Å². The third-order valence-electron chi connectivity index (χ3n) is 3.58. The normalized spacial score (nSPS) is 14.3. The van der Waals surface area contributed by atoms with Crippen molar-refractivity contribution < 1.29 is 18.1 Å². The van der Waals surface area contributed by atoms with Crippen molar-refractivity contribution in [1.29, 1.82) is 0 Å². The van der Waals surface area contributed by atoms with E-state index >= 15 is 0 Å². The van der Waals surface area contributed by atoms with Gasteiger partial charge in [0.05, 0.1) is 0 Å². The molecule has 0 aliphatic carbocycles. The summed E-state index contributed by atoms with van der Waals surface area (Å²) in [4.78, 5) is 16.5. The SMILES string of the molecule is C[Si](C)(C)NC(Cc1ccc(O[Si](C)(C)C)c(O[Si](C)(C)C)c1)C(=O)O[Si](C)(C)C. The van der Waals surface area contributed by atoms with Gasteiger partial charge in [0.1, 0.15) is 25.8 Å². The van der Waals surface area contributed by atoms with Gasteiger partial charge in [-0.3, -0.25) is 4.79 Å². The van der Waals surface area contributed by atoms with E-state index in [1.807, 2.05) is 31.8 Å². The van der Waals surface area contributed by atoms with Crippen molar-refractivity contribution in [2.45, 2.75) is 91.0 Å². The third-order valence-corrected chi connectivity index (χ3v) is 7.27. The molecule has 0 saturated carbocycles. The highest BCUT2D eigenvalue weighted by atomic mass is 28.4. The lowest BCUT2D eigenvalue weighted by molar-refractivity contribution is -0.137. The van der Waals surface area contributed by atoms with Crippen LogP contribution in [0, 0.1) is 0 Å². The molecule has 0 fully saturated rings. The van der Waals surface area contributed by atoms with E-state index in [1.54, 1.807) is 0 Å². The van der Waals surface area contributed by atoms with Gasteiger partial charge in [0, 0.05) is 0 Å². The third kappa shape index (κ3) is 11.5. The molecule has 172 valence electrons. The van der Waals surface area contributed by atoms with E-state index in [9.17, 15) is 4.79 Å². The number of nitrogens with one attached hydrogen (secondary N) is 1. The second-order valence-electron chi connectivity index (χ2n) is 11.9. The van der Waals surface area contributed by atoms with Crippen LogP contribution in [0.25, 0.3) is 0 Å². The number of rotatable bonds is 10. The molecule has 0 aromatic heterocycles. The lowest BCUT2D eigenvalue weighted by Gasteiger charge is -2.29. The molecule has 30 heavy (non-hydrogen) atoms. The Morgan fingerprint density at radius 2 is 1.30 bits per heavy atom. The van der Waals surface area contributed by atoms with Crippen molar-refractivity contribution in [2.75, 3.05) is 0 Å². The van der Waals surface area contributed by atoms with Crippen LogP contribution in [0.5, 0.6) is 11.5 Å². The molecule has 0 spiro atoms. The first-order chi connectivity index (χ1) is 13.2. The summed E-state index contributed by atoms with van der Waals surface area (Å²) in [6.07, 6.45) is 0.572. The number of carbonyl (C=O) groups excluding carboxylic acids is 1. The summed E-state index contributed by atoms with van der Waals surface area (Å²) < 4.78 is 18.5. The molecule has 1 aromatic rings. The van der Waals surface area contributed by atoms with Crippen LogP contribution in [-0.2, 0) is 15.6 Å². The maximum atomic E-state index is 12.9. The quantitative estimate of drug-likeness (QED) is 0.423. The van der Waals surface area contributed by atoms with Gasteiger partial charge < -0.3 is 18.3 Å². The van der Waals surface area contributed by atoms with Gasteiger partial charge in [-0.2, -0.15) is 0 Å². The Morgan fingerprint density at radius 1 is 0.800 bits per heavy atom. The van der Waals surface area contributed by atoms with Crippen LogP contribution in [0.3, 0.4) is 0 Å². The first-order valence-corrected chi connectivity index (χ1v) is 24.5. The van der Waals surface area contributed by atoms with Crippen LogP contribution < -0.4 is 13.8 Å². The fourth-order valence-electron chi connectivity index (χ4n) is 2.83. The molecule has 0 aliphatic rings. The Hall–Kier alpha value is -0.882. The Balaban J connectivity index is 3.24. The number of hydrogen-bond acceptors (Lipinski definition) is 5. The highest BCUT2D eigenvalue weighted by Gasteiger charge is 2.31. The molecule has 0 amide bonds. The van der Waals surface area contributed by atoms with Crippen LogP contribution in [0.15, 0.2) is 18.2 Å². The number of carbonyl (C=O) groups is 1. The van der Waals surface area contributed by atoms with Crippen molar-refractivity contribution in [3.63, 3.8) is 0 Å². The number of benzene rings is 1. The van der Waals surface area contributed by atoms with Gasteiger partial charge in [0.25, 0.3) is 0 Å². The summed E-state index contributed by atoms with van der Waals surface area (Å²) in [6, 6.07) is 5.74. The van der Waals surface area contributed by atoms with Crippen molar-refractivity contribution in [1.82, 2.24) is 4.98 Å². The lowest BCUT2D eigenvalue weighted by Crippen LogP contribution is -2.54. The zero-order valence-corrected chi connectivity index (χ0v) is 25.1. The average Bonchev–Trinajstić information content (AvgIpc) is 2.43. The van der Waals surface area contributed by atoms with E-state index in [2.05, 4.69) is 70.0 Å². The molecule has 1 aromatic carbocycles. The van der Waals surface area contributed by atoms with Crippen molar-refractivity contribution >= 4 is 39.2 Å². The predicted molar refractivity (Wildman–Crippen MR) is 138 cm³/mol. The van der Waals surface area contributed by atoms with E-state index in [4.69, 9.17) is 13.3 Å². The van der Waals surface area contributed by atoms with E-state index in [0.29, 0.717) is 6.42 Å². The van der Waals surface area contributed by atoms with Crippen LogP contribution >= 0.6 is 0 Å². The van der Waals surface area contributed by atoms with Gasteiger partial charge >= 0.3 is 5.97 Å². The van der Waals surface area contributed by atoms with E-state index < -0.39 is 33.2 Å². The zero-order valence-electron chi connectivity index (χ0n) is 21.1. The van der Waals surface area contributed by atoms with Crippen LogP contribution in [0.2, 0.25) is 78.6 Å². The van der Waals surface area contributed by atoms with Gasteiger partial charge in [-0.25, -0.2) is 0 Å². The maximum Gasteiger partial charge on any atom is 0.309 e. The summed E-state index contributed by atoms with van der Waals surface area (Å²) in [7, 11) is -7.24. The van der Waals surface area contributed by atoms with E-state index in [0.717, 1.165) is 17.1 Å². The lowest BCUT2D eigenvalue weighted by atomic mass is 10.1. The van der Waals surface area contributed by atoms with Crippen molar-refractivity contribution in [3.8, 4) is 11.5 Å². The van der Waals surface area contributed by atoms with Crippen LogP contribution in [0.1, 0.15) is 5.56 Å². The fourth-order valence-corrected chi connectivity index (χ4v) is 6.49. The molecule has 1 unspecified atom stereocenters. The Labute approximate surface area is 188 Å². The summed E-state index contributed by atoms with van der Waals surface area (Å²) >= 11 is 0. The monoisotopic (exact) mass is 485 g/mol. The summed E-state index contributed by atoms with van der Waals surface area (Å²) in [5.74, 6) is 1.45. The van der Waals surface area contributed by atoms with Crippen LogP contribution in [0.4, 0.5) is 0 Å². The molecule has 5 nitrogen and oxygen atoms in total. The zero-order chi connectivity index (χ0) is 23.5. The highest BCUT2D eigenvalue weighted by Crippen LogP contribution is 2.33. The minimum Gasteiger partial charge on any atom is -0.542 e. The first kappa shape index (κ1) is 27.2. The Morgan fingerprint density at radius 3 is 1.73 bits per heavy atom. The standard InChI is InChI=1S/C21H43NO4Si4/c1-27(2,3)22-18(21(23)26-30(10,11)12)15-17-13-14-19(24-28(4,5)6)20(16-17)25-29(7,8)9/h13-14,16,18,22H,15H2,1-12H3. The predicted octanol–water partition coefficient (Wildman–Crippen LogP) is 5.83. The minimum absolute atomic E-state index is 0.147. The molecular formula is C21H43NO4Si4. The molecule has 9 heteroatoms. The summed E-state index contributed by atoms with van der Waals surface area (Å²) in [5.41, 5.74) is 1.05. The van der Waals surface area contributed by atoms with Crippen LogP contribution in [-0.4, -0.2) is 45.2 Å². The Kier molecular flexibility index (Phi) is 8.80. The minimum atomic E-state index is -1.96. The van der Waals surface area contributed by atoms with E-state index in [1.165, 1.54) is 0 Å². The van der Waals surface area contributed by atoms with Gasteiger partial charge in [-0.05, 0) is 83.0 Å². The maximum absolute atomic E-state index is 12.9. The summed E-state index contributed by atoms with van der Waals surface area (Å²) in [6.45, 7) is 25.7. The molecule has 1 N–H and O–H groups in total. The van der Waals surface area contributed by atoms with E-state index in [-0.39, 0.29) is 12.0 Å². The fraction of sp³-hybridized carbons (Fsp3) is 0.667. The molecule has 0 saturated heterocycles. The molecule has 0 aliphatic heterocycles. The van der Waals surface area contributed by atoms with Gasteiger partial charge in [0.15, 0.2) is 0 Å². The van der Waals surface area contributed by atoms with Gasteiger partial charge in [-0.1, -0.05) is 25.7 Å². The molecule has 0 bridgehead atoms. The molecule has 1 atom stereocenters. The topological polar surface area (TPSA) is 56.8 Å². The molecule has 0 heterocycles. The van der Waals surface area contributed by atoms with Gasteiger partial charge in [0.2, 0.25) is 25.0 Å². The van der Waals surface area contributed by atoms with Crippen molar-refractivity contribution in [3.05, 3.63) is 23.8 Å². The average molecular weight is 486 g/mol. The Bertz CT molecular complexity index is 728. The molecular weight excluding hydrogens is 443 g/mol. The second-order valence-corrected chi connectivity index (χ2v) is 30.0. The molecule has 0 radical (unpaired) electrons. The van der Waals surface area contributed by atoms with Gasteiger partial charge in [-0.15, -0.1) is 0 Å². The first-order valence-electron chi connectivity index (χ1n) is 10.8.